The molecule has 0 heterocycles. The number of rotatable bonds is 6. The fourth-order valence-corrected chi connectivity index (χ4v) is 3.25. The van der Waals surface area contributed by atoms with E-state index in [1.54, 1.807) is 6.07 Å². The van der Waals surface area contributed by atoms with Gasteiger partial charge in [0.15, 0.2) is 0 Å². The smallest absolute Gasteiger partial charge is 0.131 e. The van der Waals surface area contributed by atoms with Crippen molar-refractivity contribution in [3.63, 3.8) is 0 Å². The summed E-state index contributed by atoms with van der Waals surface area (Å²) in [7, 11) is 4.03. The molecule has 0 saturated heterocycles. The number of halogens is 1. The SMILES string of the molecule is CN(C)CCOc1ccc2c(c1)C(CCN)c1cccc(F)c1-2. The molecule has 122 valence electrons. The third kappa shape index (κ3) is 3.09. The molecule has 3 nitrogen and oxygen atoms in total. The van der Waals surface area contributed by atoms with Gasteiger partial charge in [0.25, 0.3) is 0 Å². The summed E-state index contributed by atoms with van der Waals surface area (Å²) in [5, 5.41) is 0. The van der Waals surface area contributed by atoms with Gasteiger partial charge in [0.05, 0.1) is 0 Å². The molecule has 1 unspecified atom stereocenters. The van der Waals surface area contributed by atoms with Crippen LogP contribution in [0.1, 0.15) is 23.5 Å². The summed E-state index contributed by atoms with van der Waals surface area (Å²) in [6.45, 7) is 2.07. The molecule has 0 radical (unpaired) electrons. The molecule has 0 saturated carbocycles. The molecule has 4 heteroatoms. The van der Waals surface area contributed by atoms with Crippen LogP contribution in [0.15, 0.2) is 36.4 Å². The first-order chi connectivity index (χ1) is 11.1. The highest BCUT2D eigenvalue weighted by Crippen LogP contribution is 2.48. The molecule has 0 fully saturated rings. The number of likely N-dealkylation sites (N-methyl/N-ethyl adjacent to an activating group) is 1. The Morgan fingerprint density at radius 1 is 1.17 bits per heavy atom. The van der Waals surface area contributed by atoms with Crippen LogP contribution < -0.4 is 10.5 Å². The van der Waals surface area contributed by atoms with E-state index in [0.29, 0.717) is 13.2 Å². The predicted molar refractivity (Wildman–Crippen MR) is 91.4 cm³/mol. The van der Waals surface area contributed by atoms with E-state index >= 15 is 0 Å². The summed E-state index contributed by atoms with van der Waals surface area (Å²) < 4.78 is 20.1. The van der Waals surface area contributed by atoms with Crippen LogP contribution in [0.25, 0.3) is 11.1 Å². The van der Waals surface area contributed by atoms with E-state index in [0.717, 1.165) is 41.0 Å². The van der Waals surface area contributed by atoms with Crippen LogP contribution in [0, 0.1) is 5.82 Å². The van der Waals surface area contributed by atoms with Gasteiger partial charge >= 0.3 is 0 Å². The number of fused-ring (bicyclic) bond motifs is 3. The molecule has 2 aromatic rings. The minimum Gasteiger partial charge on any atom is -0.492 e. The molecule has 0 aliphatic heterocycles. The lowest BCUT2D eigenvalue weighted by molar-refractivity contribution is 0.261. The summed E-state index contributed by atoms with van der Waals surface area (Å²) in [6.07, 6.45) is 0.810. The van der Waals surface area contributed by atoms with Crippen molar-refractivity contribution in [3.05, 3.63) is 53.3 Å². The number of benzene rings is 2. The van der Waals surface area contributed by atoms with Gasteiger partial charge < -0.3 is 15.4 Å². The van der Waals surface area contributed by atoms with Gasteiger partial charge in [0, 0.05) is 18.0 Å². The normalized spacial score (nSPS) is 15.6. The molecule has 0 bridgehead atoms. The van der Waals surface area contributed by atoms with Crippen LogP contribution in [-0.2, 0) is 0 Å². The van der Waals surface area contributed by atoms with Gasteiger partial charge in [-0.3, -0.25) is 0 Å². The van der Waals surface area contributed by atoms with E-state index in [2.05, 4.69) is 4.90 Å². The van der Waals surface area contributed by atoms with Crippen LogP contribution in [0.5, 0.6) is 5.75 Å². The number of nitrogens with two attached hydrogens (primary N) is 1. The van der Waals surface area contributed by atoms with Crippen LogP contribution in [0.2, 0.25) is 0 Å². The molecule has 0 spiro atoms. The number of ether oxygens (including phenoxy) is 1. The third-order valence-corrected chi connectivity index (χ3v) is 4.35. The Hall–Kier alpha value is -1.91. The zero-order valence-corrected chi connectivity index (χ0v) is 13.7. The van der Waals surface area contributed by atoms with Gasteiger partial charge in [-0.25, -0.2) is 4.39 Å². The zero-order valence-electron chi connectivity index (χ0n) is 13.7. The third-order valence-electron chi connectivity index (χ3n) is 4.35. The Morgan fingerprint density at radius 2 is 2.00 bits per heavy atom. The summed E-state index contributed by atoms with van der Waals surface area (Å²) >= 11 is 0. The number of hydrogen-bond donors (Lipinski definition) is 1. The van der Waals surface area contributed by atoms with Gasteiger partial charge in [-0.05, 0) is 62.0 Å². The second-order valence-corrected chi connectivity index (χ2v) is 6.23. The highest BCUT2D eigenvalue weighted by Gasteiger charge is 2.30. The van der Waals surface area contributed by atoms with Crippen LogP contribution in [-0.4, -0.2) is 38.7 Å². The van der Waals surface area contributed by atoms with Crippen molar-refractivity contribution >= 4 is 0 Å². The Kier molecular flexibility index (Phi) is 4.64. The average Bonchev–Trinajstić information content (AvgIpc) is 2.83. The minimum absolute atomic E-state index is 0.151. The summed E-state index contributed by atoms with van der Waals surface area (Å²) in [5.41, 5.74) is 9.63. The molecule has 3 rings (SSSR count). The lowest BCUT2D eigenvalue weighted by Crippen LogP contribution is -2.19. The molecule has 1 aliphatic rings. The fraction of sp³-hybridized carbons (Fsp3) is 0.368. The molecule has 0 aromatic heterocycles. The van der Waals surface area contributed by atoms with E-state index in [1.165, 1.54) is 6.07 Å². The Labute approximate surface area is 136 Å². The molecule has 2 aromatic carbocycles. The summed E-state index contributed by atoms with van der Waals surface area (Å²) in [4.78, 5) is 2.08. The average molecular weight is 314 g/mol. The van der Waals surface area contributed by atoms with Crippen molar-refractivity contribution in [1.82, 2.24) is 4.90 Å². The highest BCUT2D eigenvalue weighted by atomic mass is 19.1. The van der Waals surface area contributed by atoms with Gasteiger partial charge in [0.2, 0.25) is 0 Å². The van der Waals surface area contributed by atoms with Crippen molar-refractivity contribution in [1.29, 1.82) is 0 Å². The topological polar surface area (TPSA) is 38.5 Å². The maximum Gasteiger partial charge on any atom is 0.131 e. The van der Waals surface area contributed by atoms with E-state index in [1.807, 2.05) is 38.4 Å². The fourth-order valence-electron chi connectivity index (χ4n) is 3.25. The molecular formula is C19H23FN2O. The Bertz CT molecular complexity index is 700. The lowest BCUT2D eigenvalue weighted by Gasteiger charge is -2.14. The van der Waals surface area contributed by atoms with Gasteiger partial charge in [-0.15, -0.1) is 0 Å². The lowest BCUT2D eigenvalue weighted by atomic mass is 9.93. The summed E-state index contributed by atoms with van der Waals surface area (Å²) in [5.74, 6) is 0.823. The van der Waals surface area contributed by atoms with E-state index in [-0.39, 0.29) is 11.7 Å². The molecular weight excluding hydrogens is 291 g/mol. The van der Waals surface area contributed by atoms with Crippen molar-refractivity contribution in [2.45, 2.75) is 12.3 Å². The maximum absolute atomic E-state index is 14.3. The highest BCUT2D eigenvalue weighted by molar-refractivity contribution is 5.80. The van der Waals surface area contributed by atoms with Crippen molar-refractivity contribution in [3.8, 4) is 16.9 Å². The quantitative estimate of drug-likeness (QED) is 0.889. The first kappa shape index (κ1) is 16.0. The second-order valence-electron chi connectivity index (χ2n) is 6.23. The molecule has 23 heavy (non-hydrogen) atoms. The maximum atomic E-state index is 14.3. The van der Waals surface area contributed by atoms with E-state index < -0.39 is 0 Å². The first-order valence-electron chi connectivity index (χ1n) is 8.02. The number of hydrogen-bond acceptors (Lipinski definition) is 3. The van der Waals surface area contributed by atoms with E-state index in [4.69, 9.17) is 10.5 Å². The van der Waals surface area contributed by atoms with Crippen LogP contribution in [0.3, 0.4) is 0 Å². The molecule has 2 N–H and O–H groups in total. The standard InChI is InChI=1S/C19H23FN2O/c1-22(2)10-11-23-13-6-7-16-17(12-13)14(8-9-21)15-4-3-5-18(20)19(15)16/h3-7,12,14H,8-11,21H2,1-2H3. The van der Waals surface area contributed by atoms with Crippen molar-refractivity contribution < 1.29 is 9.13 Å². The molecule has 0 amide bonds. The van der Waals surface area contributed by atoms with Crippen molar-refractivity contribution in [2.24, 2.45) is 5.73 Å². The largest absolute Gasteiger partial charge is 0.492 e. The van der Waals surface area contributed by atoms with Gasteiger partial charge in [-0.2, -0.15) is 0 Å². The van der Waals surface area contributed by atoms with Gasteiger partial charge in [-0.1, -0.05) is 18.2 Å². The van der Waals surface area contributed by atoms with E-state index in [9.17, 15) is 4.39 Å². The van der Waals surface area contributed by atoms with Crippen LogP contribution >= 0.6 is 0 Å². The minimum atomic E-state index is -0.162. The van der Waals surface area contributed by atoms with Crippen molar-refractivity contribution in [2.75, 3.05) is 33.8 Å². The summed E-state index contributed by atoms with van der Waals surface area (Å²) in [6, 6.07) is 11.2. The van der Waals surface area contributed by atoms with Gasteiger partial charge in [0.1, 0.15) is 18.2 Å². The first-order valence-corrected chi connectivity index (χ1v) is 8.02. The zero-order chi connectivity index (χ0) is 16.4. The Morgan fingerprint density at radius 3 is 2.74 bits per heavy atom. The molecule has 1 atom stereocenters. The molecule has 1 aliphatic carbocycles. The number of nitrogens with zero attached hydrogens (tertiary/aromatic N) is 1. The predicted octanol–water partition coefficient (Wildman–Crippen LogP) is 3.23. The van der Waals surface area contributed by atoms with Crippen LogP contribution in [0.4, 0.5) is 4.39 Å². The monoisotopic (exact) mass is 314 g/mol. The Balaban J connectivity index is 1.94. The second kappa shape index (κ2) is 6.69.